The lowest BCUT2D eigenvalue weighted by Crippen LogP contribution is -2.09. The van der Waals surface area contributed by atoms with Gasteiger partial charge in [-0.1, -0.05) is 23.8 Å². The summed E-state index contributed by atoms with van der Waals surface area (Å²) in [6, 6.07) is 0. The molecule has 1 nitrogen and oxygen atoms in total. The molecule has 11 heavy (non-hydrogen) atoms. The SMILES string of the molecule is O=C1C=CC2CC=CCC2=C1. The molecule has 1 atom stereocenters. The topological polar surface area (TPSA) is 17.1 Å². The van der Waals surface area contributed by atoms with E-state index in [0.29, 0.717) is 5.92 Å². The van der Waals surface area contributed by atoms with Crippen LogP contribution in [0.2, 0.25) is 0 Å². The molecule has 2 aliphatic rings. The Morgan fingerprint density at radius 1 is 1.36 bits per heavy atom. The molecule has 2 rings (SSSR count). The normalized spacial score (nSPS) is 28.2. The molecule has 0 aromatic heterocycles. The van der Waals surface area contributed by atoms with Crippen LogP contribution in [0, 0.1) is 5.92 Å². The van der Waals surface area contributed by atoms with Crippen LogP contribution < -0.4 is 0 Å². The monoisotopic (exact) mass is 146 g/mol. The molecule has 0 N–H and O–H groups in total. The molecular formula is C10H10O. The van der Waals surface area contributed by atoms with Crippen LogP contribution in [0.5, 0.6) is 0 Å². The van der Waals surface area contributed by atoms with E-state index in [1.165, 1.54) is 5.57 Å². The van der Waals surface area contributed by atoms with Crippen molar-refractivity contribution < 1.29 is 4.79 Å². The van der Waals surface area contributed by atoms with E-state index >= 15 is 0 Å². The highest BCUT2D eigenvalue weighted by Gasteiger charge is 2.16. The van der Waals surface area contributed by atoms with E-state index in [-0.39, 0.29) is 5.78 Å². The molecule has 0 aromatic carbocycles. The van der Waals surface area contributed by atoms with Crippen molar-refractivity contribution in [2.75, 3.05) is 0 Å². The fourth-order valence-electron chi connectivity index (χ4n) is 1.57. The van der Waals surface area contributed by atoms with Crippen LogP contribution in [-0.2, 0) is 4.79 Å². The maximum atomic E-state index is 10.9. The summed E-state index contributed by atoms with van der Waals surface area (Å²) in [5, 5.41) is 0. The van der Waals surface area contributed by atoms with Gasteiger partial charge in [0.15, 0.2) is 5.78 Å². The maximum Gasteiger partial charge on any atom is 0.178 e. The molecule has 0 aliphatic heterocycles. The highest BCUT2D eigenvalue weighted by molar-refractivity contribution is 6.00. The van der Waals surface area contributed by atoms with Crippen LogP contribution in [-0.4, -0.2) is 5.78 Å². The zero-order valence-corrected chi connectivity index (χ0v) is 6.29. The molecule has 0 saturated heterocycles. The summed E-state index contributed by atoms with van der Waals surface area (Å²) in [6.45, 7) is 0. The Labute approximate surface area is 66.1 Å². The molecule has 2 aliphatic carbocycles. The molecule has 0 spiro atoms. The van der Waals surface area contributed by atoms with Gasteiger partial charge in [-0.2, -0.15) is 0 Å². The number of carbonyl (C=O) groups excluding carboxylic acids is 1. The minimum atomic E-state index is 0.145. The third kappa shape index (κ3) is 1.18. The zero-order chi connectivity index (χ0) is 7.68. The lowest BCUT2D eigenvalue weighted by molar-refractivity contribution is -0.110. The van der Waals surface area contributed by atoms with Crippen LogP contribution in [0.15, 0.2) is 36.0 Å². The number of allylic oxidation sites excluding steroid dienone is 6. The second-order valence-electron chi connectivity index (χ2n) is 3.00. The average molecular weight is 146 g/mol. The number of hydrogen-bond donors (Lipinski definition) is 0. The summed E-state index contributed by atoms with van der Waals surface area (Å²) in [4.78, 5) is 10.9. The van der Waals surface area contributed by atoms with E-state index in [1.807, 2.05) is 6.08 Å². The first-order valence-corrected chi connectivity index (χ1v) is 3.94. The van der Waals surface area contributed by atoms with Gasteiger partial charge in [-0.05, 0) is 25.0 Å². The van der Waals surface area contributed by atoms with Gasteiger partial charge >= 0.3 is 0 Å². The molecule has 0 saturated carbocycles. The first-order valence-electron chi connectivity index (χ1n) is 3.94. The zero-order valence-electron chi connectivity index (χ0n) is 6.29. The van der Waals surface area contributed by atoms with Crippen molar-refractivity contribution in [1.29, 1.82) is 0 Å². The highest BCUT2D eigenvalue weighted by atomic mass is 16.1. The van der Waals surface area contributed by atoms with Crippen LogP contribution in [0.1, 0.15) is 12.8 Å². The van der Waals surface area contributed by atoms with E-state index in [9.17, 15) is 4.79 Å². The van der Waals surface area contributed by atoms with Gasteiger partial charge in [-0.25, -0.2) is 0 Å². The van der Waals surface area contributed by atoms with Gasteiger partial charge in [0.05, 0.1) is 0 Å². The minimum absolute atomic E-state index is 0.145. The average Bonchev–Trinajstić information content (AvgIpc) is 2.04. The molecule has 1 heteroatoms. The molecule has 0 amide bonds. The predicted octanol–water partition coefficient (Wildman–Crippen LogP) is 2.02. The summed E-state index contributed by atoms with van der Waals surface area (Å²) < 4.78 is 0. The smallest absolute Gasteiger partial charge is 0.178 e. The summed E-state index contributed by atoms with van der Waals surface area (Å²) in [5.41, 5.74) is 1.28. The Morgan fingerprint density at radius 3 is 3.18 bits per heavy atom. The molecule has 0 aromatic rings. The third-order valence-corrected chi connectivity index (χ3v) is 2.21. The first kappa shape index (κ1) is 6.59. The van der Waals surface area contributed by atoms with Crippen molar-refractivity contribution in [2.45, 2.75) is 12.8 Å². The van der Waals surface area contributed by atoms with E-state index in [1.54, 1.807) is 12.2 Å². The molecule has 0 fully saturated rings. The van der Waals surface area contributed by atoms with Crippen LogP contribution in [0.4, 0.5) is 0 Å². The van der Waals surface area contributed by atoms with E-state index in [0.717, 1.165) is 12.8 Å². The number of fused-ring (bicyclic) bond motifs is 1. The lowest BCUT2D eigenvalue weighted by atomic mass is 9.85. The standard InChI is InChI=1S/C10H10O/c11-10-6-5-8-3-1-2-4-9(8)7-10/h1-2,5-8H,3-4H2. The van der Waals surface area contributed by atoms with Crippen LogP contribution in [0.25, 0.3) is 0 Å². The number of ketones is 1. The Kier molecular flexibility index (Phi) is 1.50. The summed E-state index contributed by atoms with van der Waals surface area (Å²) in [6.07, 6.45) is 11.8. The van der Waals surface area contributed by atoms with Gasteiger partial charge in [0, 0.05) is 5.92 Å². The number of hydrogen-bond acceptors (Lipinski definition) is 1. The molecular weight excluding hydrogens is 136 g/mol. The van der Waals surface area contributed by atoms with Crippen molar-refractivity contribution >= 4 is 5.78 Å². The van der Waals surface area contributed by atoms with Crippen molar-refractivity contribution in [3.05, 3.63) is 36.0 Å². The van der Waals surface area contributed by atoms with E-state index in [2.05, 4.69) is 12.2 Å². The largest absolute Gasteiger partial charge is 0.290 e. The Morgan fingerprint density at radius 2 is 2.27 bits per heavy atom. The van der Waals surface area contributed by atoms with Gasteiger partial charge < -0.3 is 0 Å². The second-order valence-corrected chi connectivity index (χ2v) is 3.00. The Hall–Kier alpha value is -1.11. The minimum Gasteiger partial charge on any atom is -0.290 e. The summed E-state index contributed by atoms with van der Waals surface area (Å²) in [5.74, 6) is 0.657. The molecule has 0 heterocycles. The fraction of sp³-hybridized carbons (Fsp3) is 0.300. The van der Waals surface area contributed by atoms with Crippen LogP contribution in [0.3, 0.4) is 0 Å². The van der Waals surface area contributed by atoms with Crippen molar-refractivity contribution in [2.24, 2.45) is 5.92 Å². The first-order chi connectivity index (χ1) is 5.36. The third-order valence-electron chi connectivity index (χ3n) is 2.21. The van der Waals surface area contributed by atoms with Gasteiger partial charge in [-0.15, -0.1) is 0 Å². The maximum absolute atomic E-state index is 10.9. The van der Waals surface area contributed by atoms with Crippen molar-refractivity contribution in [3.8, 4) is 0 Å². The molecule has 56 valence electrons. The summed E-state index contributed by atoms with van der Waals surface area (Å²) in [7, 11) is 0. The number of carbonyl (C=O) groups is 1. The lowest BCUT2D eigenvalue weighted by Gasteiger charge is -2.20. The quantitative estimate of drug-likeness (QED) is 0.478. The van der Waals surface area contributed by atoms with Gasteiger partial charge in [-0.3, -0.25) is 4.79 Å². The Bertz CT molecular complexity index is 269. The van der Waals surface area contributed by atoms with Crippen molar-refractivity contribution in [1.82, 2.24) is 0 Å². The fourth-order valence-corrected chi connectivity index (χ4v) is 1.57. The van der Waals surface area contributed by atoms with Crippen molar-refractivity contribution in [3.63, 3.8) is 0 Å². The van der Waals surface area contributed by atoms with Gasteiger partial charge in [0.25, 0.3) is 0 Å². The predicted molar refractivity (Wildman–Crippen MR) is 44.1 cm³/mol. The van der Waals surface area contributed by atoms with Gasteiger partial charge in [0.1, 0.15) is 0 Å². The summed E-state index contributed by atoms with van der Waals surface area (Å²) >= 11 is 0. The molecule has 0 radical (unpaired) electrons. The second kappa shape index (κ2) is 2.50. The van der Waals surface area contributed by atoms with Crippen LogP contribution >= 0.6 is 0 Å². The Balaban J connectivity index is 2.30. The molecule has 0 bridgehead atoms. The van der Waals surface area contributed by atoms with Gasteiger partial charge in [0.2, 0.25) is 0 Å². The van der Waals surface area contributed by atoms with E-state index < -0.39 is 0 Å². The van der Waals surface area contributed by atoms with E-state index in [4.69, 9.17) is 0 Å². The molecule has 1 unspecified atom stereocenters. The highest BCUT2D eigenvalue weighted by Crippen LogP contribution is 2.27. The number of rotatable bonds is 0.